The molecule has 2 heterocycles. The summed E-state index contributed by atoms with van der Waals surface area (Å²) in [6, 6.07) is 3.68. The van der Waals surface area contributed by atoms with Gasteiger partial charge in [-0.15, -0.1) is 0 Å². The van der Waals surface area contributed by atoms with E-state index in [1.165, 1.54) is 6.33 Å². The Labute approximate surface area is 110 Å². The molecule has 0 aliphatic carbocycles. The van der Waals surface area contributed by atoms with E-state index in [-0.39, 0.29) is 0 Å². The quantitative estimate of drug-likeness (QED) is 0.779. The van der Waals surface area contributed by atoms with Gasteiger partial charge in [0.15, 0.2) is 6.33 Å². The summed E-state index contributed by atoms with van der Waals surface area (Å²) >= 11 is 4.95. The molecule has 2 aromatic heterocycles. The van der Waals surface area contributed by atoms with Crippen LogP contribution in [-0.2, 0) is 6.42 Å². The predicted molar refractivity (Wildman–Crippen MR) is 71.4 cm³/mol. The van der Waals surface area contributed by atoms with Crippen LogP contribution in [0.15, 0.2) is 23.0 Å². The van der Waals surface area contributed by atoms with Crippen LogP contribution in [-0.4, -0.2) is 26.7 Å². The monoisotopic (exact) mass is 263 g/mol. The number of nitrogens with one attached hydrogen (secondary N) is 1. The molecule has 0 saturated heterocycles. The first-order valence-corrected chi connectivity index (χ1v) is 5.84. The van der Waals surface area contributed by atoms with Crippen LogP contribution < -0.4 is 11.1 Å². The van der Waals surface area contributed by atoms with Crippen molar-refractivity contribution in [2.45, 2.75) is 13.3 Å². The number of nitrogens with zero attached hydrogens (tertiary/aromatic N) is 3. The third kappa shape index (κ3) is 3.24. The number of thiocarbonyl (C=S) groups is 1. The molecule has 0 aliphatic rings. The summed E-state index contributed by atoms with van der Waals surface area (Å²) < 4.78 is 4.89. The molecule has 3 N–H and O–H groups in total. The van der Waals surface area contributed by atoms with Crippen LogP contribution in [0.2, 0.25) is 0 Å². The van der Waals surface area contributed by atoms with Crippen molar-refractivity contribution in [2.75, 3.05) is 11.9 Å². The number of aromatic nitrogens is 3. The summed E-state index contributed by atoms with van der Waals surface area (Å²) in [5, 5.41) is 6.70. The average molecular weight is 263 g/mol. The molecule has 0 aliphatic heterocycles. The SMILES string of the molecule is Cc1cc(C(N)=S)cc(NCCc2ncno2)n1. The first kappa shape index (κ1) is 12.4. The first-order valence-electron chi connectivity index (χ1n) is 5.43. The molecule has 0 spiro atoms. The van der Waals surface area contributed by atoms with Crippen molar-refractivity contribution in [3.8, 4) is 0 Å². The van der Waals surface area contributed by atoms with Gasteiger partial charge in [-0.25, -0.2) is 4.98 Å². The lowest BCUT2D eigenvalue weighted by molar-refractivity contribution is 0.379. The van der Waals surface area contributed by atoms with Crippen LogP contribution in [0.3, 0.4) is 0 Å². The first-order chi connectivity index (χ1) is 8.65. The Hall–Kier alpha value is -2.02. The lowest BCUT2D eigenvalue weighted by atomic mass is 10.2. The summed E-state index contributed by atoms with van der Waals surface area (Å²) in [6.07, 6.45) is 2.02. The van der Waals surface area contributed by atoms with Gasteiger partial charge in [0, 0.05) is 24.2 Å². The number of hydrogen-bond donors (Lipinski definition) is 2. The third-order valence-electron chi connectivity index (χ3n) is 2.29. The number of anilines is 1. The van der Waals surface area contributed by atoms with E-state index >= 15 is 0 Å². The highest BCUT2D eigenvalue weighted by molar-refractivity contribution is 7.80. The van der Waals surface area contributed by atoms with E-state index in [9.17, 15) is 0 Å². The fourth-order valence-electron chi connectivity index (χ4n) is 1.51. The molecule has 2 rings (SSSR count). The van der Waals surface area contributed by atoms with Crippen molar-refractivity contribution >= 4 is 23.0 Å². The molecule has 0 aromatic carbocycles. The summed E-state index contributed by atoms with van der Waals surface area (Å²) in [5.41, 5.74) is 7.27. The van der Waals surface area contributed by atoms with Gasteiger partial charge in [-0.1, -0.05) is 17.4 Å². The van der Waals surface area contributed by atoms with Gasteiger partial charge in [0.25, 0.3) is 0 Å². The van der Waals surface area contributed by atoms with Gasteiger partial charge < -0.3 is 15.6 Å². The zero-order valence-corrected chi connectivity index (χ0v) is 10.7. The van der Waals surface area contributed by atoms with E-state index in [0.29, 0.717) is 23.8 Å². The Kier molecular flexibility index (Phi) is 3.83. The van der Waals surface area contributed by atoms with Gasteiger partial charge in [-0.05, 0) is 19.1 Å². The molecule has 18 heavy (non-hydrogen) atoms. The van der Waals surface area contributed by atoms with E-state index in [0.717, 1.165) is 17.1 Å². The largest absolute Gasteiger partial charge is 0.389 e. The van der Waals surface area contributed by atoms with Crippen molar-refractivity contribution < 1.29 is 4.52 Å². The maximum Gasteiger partial charge on any atom is 0.228 e. The normalized spacial score (nSPS) is 10.3. The van der Waals surface area contributed by atoms with Crippen LogP contribution in [0.25, 0.3) is 0 Å². The molecular formula is C11H13N5OS. The predicted octanol–water partition coefficient (Wildman–Crippen LogP) is 1.06. The fourth-order valence-corrected chi connectivity index (χ4v) is 1.62. The number of hydrogen-bond acceptors (Lipinski definition) is 6. The van der Waals surface area contributed by atoms with E-state index in [1.807, 2.05) is 19.1 Å². The van der Waals surface area contributed by atoms with E-state index in [1.54, 1.807) is 0 Å². The lowest BCUT2D eigenvalue weighted by Gasteiger charge is -2.07. The molecule has 0 amide bonds. The van der Waals surface area contributed by atoms with E-state index in [2.05, 4.69) is 20.4 Å². The third-order valence-corrected chi connectivity index (χ3v) is 2.53. The number of aryl methyl sites for hydroxylation is 1. The molecule has 0 unspecified atom stereocenters. The van der Waals surface area contributed by atoms with Gasteiger partial charge in [-0.3, -0.25) is 0 Å². The molecule has 6 nitrogen and oxygen atoms in total. The highest BCUT2D eigenvalue weighted by Gasteiger charge is 2.03. The zero-order chi connectivity index (χ0) is 13.0. The maximum absolute atomic E-state index is 5.60. The molecule has 0 fully saturated rings. The van der Waals surface area contributed by atoms with Crippen LogP contribution in [0.5, 0.6) is 0 Å². The fraction of sp³-hybridized carbons (Fsp3) is 0.273. The highest BCUT2D eigenvalue weighted by Crippen LogP contribution is 2.10. The van der Waals surface area contributed by atoms with Crippen molar-refractivity contribution in [1.29, 1.82) is 0 Å². The minimum atomic E-state index is 0.362. The van der Waals surface area contributed by atoms with E-state index in [4.69, 9.17) is 22.5 Å². The number of pyridine rings is 1. The van der Waals surface area contributed by atoms with Gasteiger partial charge in [0.05, 0.1) is 0 Å². The van der Waals surface area contributed by atoms with Gasteiger partial charge in [0.2, 0.25) is 5.89 Å². The molecule has 0 radical (unpaired) electrons. The summed E-state index contributed by atoms with van der Waals surface area (Å²) in [5.74, 6) is 1.32. The van der Waals surface area contributed by atoms with Crippen molar-refractivity contribution in [3.05, 3.63) is 35.6 Å². The van der Waals surface area contributed by atoms with Crippen molar-refractivity contribution in [1.82, 2.24) is 15.1 Å². The number of nitrogens with two attached hydrogens (primary N) is 1. The summed E-state index contributed by atoms with van der Waals surface area (Å²) in [7, 11) is 0. The minimum absolute atomic E-state index is 0.362. The summed E-state index contributed by atoms with van der Waals surface area (Å²) in [4.78, 5) is 8.64. The standard InChI is InChI=1S/C11H13N5OS/c1-7-4-8(11(12)18)5-9(16-7)13-3-2-10-14-6-15-17-10/h4-6H,2-3H2,1H3,(H2,12,18)(H,13,16). The van der Waals surface area contributed by atoms with Crippen LogP contribution in [0, 0.1) is 6.92 Å². The van der Waals surface area contributed by atoms with Gasteiger partial charge in [0.1, 0.15) is 10.8 Å². The zero-order valence-electron chi connectivity index (χ0n) is 9.88. The smallest absolute Gasteiger partial charge is 0.228 e. The van der Waals surface area contributed by atoms with Gasteiger partial charge >= 0.3 is 0 Å². The lowest BCUT2D eigenvalue weighted by Crippen LogP contribution is -2.12. The van der Waals surface area contributed by atoms with Gasteiger partial charge in [-0.2, -0.15) is 4.98 Å². The van der Waals surface area contributed by atoms with Crippen LogP contribution in [0.1, 0.15) is 17.1 Å². The maximum atomic E-state index is 5.60. The van der Waals surface area contributed by atoms with E-state index < -0.39 is 0 Å². The Bertz CT molecular complexity index is 540. The Morgan fingerprint density at radius 1 is 1.50 bits per heavy atom. The summed E-state index contributed by atoms with van der Waals surface area (Å²) in [6.45, 7) is 2.54. The minimum Gasteiger partial charge on any atom is -0.389 e. The molecule has 0 atom stereocenters. The second-order valence-corrected chi connectivity index (χ2v) is 4.20. The molecule has 7 heteroatoms. The van der Waals surface area contributed by atoms with Crippen molar-refractivity contribution in [3.63, 3.8) is 0 Å². The molecule has 2 aromatic rings. The van der Waals surface area contributed by atoms with Crippen LogP contribution in [0.4, 0.5) is 5.82 Å². The Morgan fingerprint density at radius 2 is 2.33 bits per heavy atom. The second-order valence-electron chi connectivity index (χ2n) is 3.76. The Morgan fingerprint density at radius 3 is 3.00 bits per heavy atom. The molecular weight excluding hydrogens is 250 g/mol. The molecule has 94 valence electrons. The second kappa shape index (κ2) is 5.54. The molecule has 0 bridgehead atoms. The highest BCUT2D eigenvalue weighted by atomic mass is 32.1. The topological polar surface area (TPSA) is 89.9 Å². The number of rotatable bonds is 5. The van der Waals surface area contributed by atoms with Crippen molar-refractivity contribution in [2.24, 2.45) is 5.73 Å². The Balaban J connectivity index is 1.98. The average Bonchev–Trinajstić information content (AvgIpc) is 2.81. The van der Waals surface area contributed by atoms with Crippen LogP contribution >= 0.6 is 12.2 Å². The molecule has 0 saturated carbocycles.